The Morgan fingerprint density at radius 2 is 1.86 bits per heavy atom. The molecule has 0 atom stereocenters. The van der Waals surface area contributed by atoms with Crippen molar-refractivity contribution in [2.45, 2.75) is 31.6 Å². The van der Waals surface area contributed by atoms with Gasteiger partial charge in [-0.25, -0.2) is 0 Å². The Morgan fingerprint density at radius 1 is 1.07 bits per heavy atom. The lowest BCUT2D eigenvalue weighted by Crippen LogP contribution is -2.57. The molecule has 0 bridgehead atoms. The van der Waals surface area contributed by atoms with Crippen molar-refractivity contribution < 1.29 is 19.0 Å². The molecule has 154 valence electrons. The third-order valence-electron chi connectivity index (χ3n) is 5.76. The highest BCUT2D eigenvalue weighted by Crippen LogP contribution is 2.31. The van der Waals surface area contributed by atoms with Crippen LogP contribution in [0, 0.1) is 0 Å². The number of benzene rings is 2. The second kappa shape index (κ2) is 8.84. The molecule has 0 saturated carbocycles. The van der Waals surface area contributed by atoms with E-state index in [1.165, 1.54) is 5.56 Å². The average Bonchev–Trinajstić information content (AvgIpc) is 2.77. The van der Waals surface area contributed by atoms with Gasteiger partial charge in [-0.2, -0.15) is 0 Å². The van der Waals surface area contributed by atoms with Gasteiger partial charge in [-0.3, -0.25) is 9.69 Å². The van der Waals surface area contributed by atoms with Crippen LogP contribution < -0.4 is 14.8 Å². The van der Waals surface area contributed by atoms with Crippen molar-refractivity contribution in [1.82, 2.24) is 10.2 Å². The summed E-state index contributed by atoms with van der Waals surface area (Å²) in [4.78, 5) is 13.8. The molecule has 2 aromatic rings. The maximum Gasteiger partial charge on any atom is 0.246 e. The maximum absolute atomic E-state index is 11.4. The minimum atomic E-state index is -0.186. The molecule has 2 aromatic carbocycles. The average molecular weight is 396 g/mol. The number of piperidine rings is 1. The molecule has 0 aliphatic carbocycles. The van der Waals surface area contributed by atoms with E-state index in [4.69, 9.17) is 14.2 Å². The van der Waals surface area contributed by atoms with Gasteiger partial charge in [0.05, 0.1) is 12.7 Å². The van der Waals surface area contributed by atoms with Crippen LogP contribution in [0.4, 0.5) is 0 Å². The minimum Gasteiger partial charge on any atom is -0.493 e. The summed E-state index contributed by atoms with van der Waals surface area (Å²) in [6, 6.07) is 16.3. The Balaban J connectivity index is 1.36. The van der Waals surface area contributed by atoms with Crippen molar-refractivity contribution in [2.75, 3.05) is 33.4 Å². The molecule has 2 aliphatic rings. The Kier molecular flexibility index (Phi) is 6.02. The molecule has 1 N–H and O–H groups in total. The fraction of sp³-hybridized carbons (Fsp3) is 0.435. The van der Waals surface area contributed by atoms with Crippen LogP contribution in [0.2, 0.25) is 0 Å². The largest absolute Gasteiger partial charge is 0.493 e. The lowest BCUT2D eigenvalue weighted by Gasteiger charge is -2.43. The van der Waals surface area contributed by atoms with Crippen LogP contribution in [-0.4, -0.2) is 49.8 Å². The molecular formula is C23H28N2O4. The van der Waals surface area contributed by atoms with Gasteiger partial charge in [0.1, 0.15) is 13.2 Å². The standard InChI is InChI=1S/C23H28N2O4/c1-27-20-8-7-19(13-21(20)28-15-18-5-3-2-4-6-18)14-25-11-9-23(10-12-25)17-24-22(26)16-29-23/h2-8,13H,9-12,14-17H2,1H3,(H,24,26). The predicted octanol–water partition coefficient (Wildman–Crippen LogP) is 2.76. The summed E-state index contributed by atoms with van der Waals surface area (Å²) in [5, 5.41) is 2.94. The molecule has 0 unspecified atom stereocenters. The van der Waals surface area contributed by atoms with E-state index in [-0.39, 0.29) is 18.1 Å². The van der Waals surface area contributed by atoms with Crippen LogP contribution in [0.3, 0.4) is 0 Å². The summed E-state index contributed by atoms with van der Waals surface area (Å²) >= 11 is 0. The monoisotopic (exact) mass is 396 g/mol. The number of hydrogen-bond donors (Lipinski definition) is 1. The molecule has 4 rings (SSSR count). The van der Waals surface area contributed by atoms with Gasteiger partial charge in [0.25, 0.3) is 0 Å². The second-order valence-corrected chi connectivity index (χ2v) is 7.78. The number of rotatable bonds is 6. The molecule has 2 aliphatic heterocycles. The van der Waals surface area contributed by atoms with E-state index >= 15 is 0 Å². The number of carbonyl (C=O) groups excluding carboxylic acids is 1. The summed E-state index contributed by atoms with van der Waals surface area (Å²) < 4.78 is 17.4. The number of morpholine rings is 1. The number of methoxy groups -OCH3 is 1. The van der Waals surface area contributed by atoms with Gasteiger partial charge in [-0.1, -0.05) is 36.4 Å². The SMILES string of the molecule is COc1ccc(CN2CCC3(CC2)CNC(=O)CO3)cc1OCc1ccccc1. The Morgan fingerprint density at radius 3 is 2.55 bits per heavy atom. The molecule has 1 spiro atoms. The molecule has 1 amide bonds. The lowest BCUT2D eigenvalue weighted by atomic mass is 9.90. The number of hydrogen-bond acceptors (Lipinski definition) is 5. The first kappa shape index (κ1) is 19.7. The van der Waals surface area contributed by atoms with Crippen molar-refractivity contribution >= 4 is 5.91 Å². The van der Waals surface area contributed by atoms with E-state index < -0.39 is 0 Å². The molecule has 6 heteroatoms. The number of amides is 1. The summed E-state index contributed by atoms with van der Waals surface area (Å²) in [5.41, 5.74) is 2.14. The zero-order chi connectivity index (χ0) is 20.1. The van der Waals surface area contributed by atoms with Gasteiger partial charge in [0.15, 0.2) is 11.5 Å². The normalized spacial score (nSPS) is 19.0. The van der Waals surface area contributed by atoms with Crippen LogP contribution in [0.1, 0.15) is 24.0 Å². The predicted molar refractivity (Wildman–Crippen MR) is 110 cm³/mol. The maximum atomic E-state index is 11.4. The molecule has 2 heterocycles. The highest BCUT2D eigenvalue weighted by atomic mass is 16.5. The Hall–Kier alpha value is -2.57. The van der Waals surface area contributed by atoms with Gasteiger partial charge in [-0.15, -0.1) is 0 Å². The van der Waals surface area contributed by atoms with Crippen LogP contribution in [-0.2, 0) is 22.7 Å². The molecule has 6 nitrogen and oxygen atoms in total. The smallest absolute Gasteiger partial charge is 0.246 e. The summed E-state index contributed by atoms with van der Waals surface area (Å²) in [6.45, 7) is 4.06. The highest BCUT2D eigenvalue weighted by molar-refractivity contribution is 5.78. The van der Waals surface area contributed by atoms with Crippen LogP contribution in [0.25, 0.3) is 0 Å². The first-order valence-electron chi connectivity index (χ1n) is 10.1. The van der Waals surface area contributed by atoms with E-state index in [0.717, 1.165) is 49.5 Å². The number of likely N-dealkylation sites (tertiary alicyclic amines) is 1. The van der Waals surface area contributed by atoms with E-state index in [1.807, 2.05) is 24.3 Å². The first-order chi connectivity index (χ1) is 14.2. The van der Waals surface area contributed by atoms with Crippen molar-refractivity contribution in [3.05, 3.63) is 59.7 Å². The summed E-state index contributed by atoms with van der Waals surface area (Å²) in [5.74, 6) is 1.49. The second-order valence-electron chi connectivity index (χ2n) is 7.78. The molecule has 2 saturated heterocycles. The Labute approximate surface area is 171 Å². The van der Waals surface area contributed by atoms with Gasteiger partial charge in [0.2, 0.25) is 5.91 Å². The van der Waals surface area contributed by atoms with Gasteiger partial charge in [0, 0.05) is 26.2 Å². The quantitative estimate of drug-likeness (QED) is 0.814. The zero-order valence-electron chi connectivity index (χ0n) is 16.9. The first-order valence-corrected chi connectivity index (χ1v) is 10.1. The van der Waals surface area contributed by atoms with Crippen LogP contribution in [0.5, 0.6) is 11.5 Å². The van der Waals surface area contributed by atoms with Gasteiger partial charge in [-0.05, 0) is 36.1 Å². The van der Waals surface area contributed by atoms with E-state index in [0.29, 0.717) is 13.2 Å². The zero-order valence-corrected chi connectivity index (χ0v) is 16.9. The number of nitrogens with zero attached hydrogens (tertiary/aromatic N) is 1. The third-order valence-corrected chi connectivity index (χ3v) is 5.76. The topological polar surface area (TPSA) is 60.0 Å². The third kappa shape index (κ3) is 4.89. The van der Waals surface area contributed by atoms with Crippen LogP contribution in [0.15, 0.2) is 48.5 Å². The van der Waals surface area contributed by atoms with E-state index in [2.05, 4.69) is 34.5 Å². The molecule has 0 radical (unpaired) electrons. The number of ether oxygens (including phenoxy) is 3. The van der Waals surface area contributed by atoms with Crippen molar-refractivity contribution in [3.8, 4) is 11.5 Å². The van der Waals surface area contributed by atoms with E-state index in [1.54, 1.807) is 7.11 Å². The van der Waals surface area contributed by atoms with Crippen LogP contribution >= 0.6 is 0 Å². The Bertz CT molecular complexity index is 820. The summed E-state index contributed by atoms with van der Waals surface area (Å²) in [6.07, 6.45) is 1.86. The van der Waals surface area contributed by atoms with Crippen molar-refractivity contribution in [1.29, 1.82) is 0 Å². The van der Waals surface area contributed by atoms with E-state index in [9.17, 15) is 4.79 Å². The fourth-order valence-corrected chi connectivity index (χ4v) is 3.95. The van der Waals surface area contributed by atoms with Gasteiger partial charge >= 0.3 is 0 Å². The highest BCUT2D eigenvalue weighted by Gasteiger charge is 2.38. The number of carbonyl (C=O) groups is 1. The molecular weight excluding hydrogens is 368 g/mol. The lowest BCUT2D eigenvalue weighted by molar-refractivity contribution is -0.150. The minimum absolute atomic E-state index is 0.0145. The molecule has 0 aromatic heterocycles. The van der Waals surface area contributed by atoms with Crippen molar-refractivity contribution in [3.63, 3.8) is 0 Å². The summed E-state index contributed by atoms with van der Waals surface area (Å²) in [7, 11) is 1.66. The molecule has 29 heavy (non-hydrogen) atoms. The fourth-order valence-electron chi connectivity index (χ4n) is 3.95. The molecule has 2 fully saturated rings. The van der Waals surface area contributed by atoms with Crippen molar-refractivity contribution in [2.24, 2.45) is 0 Å². The van der Waals surface area contributed by atoms with Gasteiger partial charge < -0.3 is 19.5 Å². The number of nitrogens with one attached hydrogen (secondary N) is 1.